The van der Waals surface area contributed by atoms with E-state index in [1.807, 2.05) is 27.7 Å². The van der Waals surface area contributed by atoms with Crippen LogP contribution in [0.3, 0.4) is 0 Å². The van der Waals surface area contributed by atoms with Crippen LogP contribution in [0, 0.1) is 19.8 Å². The third kappa shape index (κ3) is 6.07. The van der Waals surface area contributed by atoms with E-state index in [0.29, 0.717) is 23.1 Å². The van der Waals surface area contributed by atoms with Gasteiger partial charge < -0.3 is 14.0 Å². The largest absolute Gasteiger partial charge is 0.481 e. The van der Waals surface area contributed by atoms with Crippen molar-refractivity contribution in [3.8, 4) is 17.4 Å². The van der Waals surface area contributed by atoms with E-state index in [1.165, 1.54) is 7.11 Å². The number of rotatable bonds is 12. The van der Waals surface area contributed by atoms with Crippen molar-refractivity contribution in [1.29, 1.82) is 0 Å². The van der Waals surface area contributed by atoms with E-state index in [1.54, 1.807) is 48.3 Å². The van der Waals surface area contributed by atoms with Gasteiger partial charge in [-0.2, -0.15) is 0 Å². The smallest absolute Gasteiger partial charge is 0.240 e. The lowest BCUT2D eigenvalue weighted by molar-refractivity contribution is 0.00152. The Morgan fingerprint density at radius 1 is 1.10 bits per heavy atom. The summed E-state index contributed by atoms with van der Waals surface area (Å²) in [5, 5.41) is 11.7. The van der Waals surface area contributed by atoms with Gasteiger partial charge in [0.15, 0.2) is 11.6 Å². The van der Waals surface area contributed by atoms with Gasteiger partial charge in [0, 0.05) is 24.0 Å². The lowest BCUT2D eigenvalue weighted by Crippen LogP contribution is -2.35. The van der Waals surface area contributed by atoms with Gasteiger partial charge in [-0.25, -0.2) is 23.4 Å². The standard InChI is InChI=1S/C27H34N8O5S/c1-15(2)40-24(25-28-12-16(3)13-29-25)18(5)41(36,37)34-27-32-31-26(21-8-7-9-22(30-21)38-6)35(27)23(19-10-11-19)20-14-39-33-17(20)4/h7-9,12-15,18-19,23-24H,10-11H2,1-6H3,(H,32,34)/t18?,23-,24?/m1/s1. The molecular weight excluding hydrogens is 548 g/mol. The Hall–Kier alpha value is -3.91. The van der Waals surface area contributed by atoms with Crippen LogP contribution in [0.4, 0.5) is 5.95 Å². The van der Waals surface area contributed by atoms with Crippen molar-refractivity contribution >= 4 is 16.0 Å². The Morgan fingerprint density at radius 2 is 1.83 bits per heavy atom. The number of pyridine rings is 1. The molecule has 5 rings (SSSR count). The molecule has 1 saturated carbocycles. The number of aryl methyl sites for hydroxylation is 2. The molecule has 0 aliphatic heterocycles. The zero-order valence-corrected chi connectivity index (χ0v) is 24.7. The van der Waals surface area contributed by atoms with Crippen molar-refractivity contribution in [2.24, 2.45) is 5.92 Å². The highest BCUT2D eigenvalue weighted by atomic mass is 32.2. The fourth-order valence-corrected chi connectivity index (χ4v) is 5.75. The molecule has 1 N–H and O–H groups in total. The van der Waals surface area contributed by atoms with Gasteiger partial charge >= 0.3 is 0 Å². The molecule has 0 amide bonds. The van der Waals surface area contributed by atoms with Gasteiger partial charge in [0.2, 0.25) is 21.9 Å². The number of hydrogen-bond acceptors (Lipinski definition) is 11. The van der Waals surface area contributed by atoms with Gasteiger partial charge in [-0.05, 0) is 65.0 Å². The maximum absolute atomic E-state index is 13.9. The molecule has 41 heavy (non-hydrogen) atoms. The Morgan fingerprint density at radius 3 is 2.44 bits per heavy atom. The predicted octanol–water partition coefficient (Wildman–Crippen LogP) is 4.04. The molecule has 0 bridgehead atoms. The van der Waals surface area contributed by atoms with Crippen LogP contribution >= 0.6 is 0 Å². The maximum atomic E-state index is 13.9. The summed E-state index contributed by atoms with van der Waals surface area (Å²) < 4.78 is 49.0. The van der Waals surface area contributed by atoms with E-state index >= 15 is 0 Å². The van der Waals surface area contributed by atoms with E-state index in [0.717, 1.165) is 24.0 Å². The molecule has 218 valence electrons. The second-order valence-corrected chi connectivity index (χ2v) is 12.5. The summed E-state index contributed by atoms with van der Waals surface area (Å²) in [5.74, 6) is 1.29. The van der Waals surface area contributed by atoms with Crippen LogP contribution in [-0.2, 0) is 14.8 Å². The molecule has 3 atom stereocenters. The van der Waals surface area contributed by atoms with Crippen LogP contribution in [0.5, 0.6) is 5.88 Å². The van der Waals surface area contributed by atoms with Crippen molar-refractivity contribution in [3.63, 3.8) is 0 Å². The number of nitrogens with zero attached hydrogens (tertiary/aromatic N) is 7. The molecule has 1 aliphatic carbocycles. The molecule has 2 unspecified atom stereocenters. The molecule has 13 nitrogen and oxygen atoms in total. The number of aromatic nitrogens is 7. The first kappa shape index (κ1) is 28.6. The molecule has 0 aromatic carbocycles. The monoisotopic (exact) mass is 582 g/mol. The summed E-state index contributed by atoms with van der Waals surface area (Å²) in [6, 6.07) is 4.95. The minimum absolute atomic E-state index is 0.0436. The number of ether oxygens (including phenoxy) is 2. The number of sulfonamides is 1. The maximum Gasteiger partial charge on any atom is 0.240 e. The zero-order valence-electron chi connectivity index (χ0n) is 23.8. The predicted molar refractivity (Wildman–Crippen MR) is 150 cm³/mol. The SMILES string of the molecule is COc1cccc(-c2nnc(NS(=O)(=O)C(C)C(OC(C)C)c3ncc(C)cn3)n2[C@@H](c2conc2C)C2CC2)n1. The molecule has 1 fully saturated rings. The molecule has 0 spiro atoms. The number of nitrogens with one attached hydrogen (secondary N) is 1. The van der Waals surface area contributed by atoms with E-state index in [9.17, 15) is 8.42 Å². The molecule has 4 aromatic heterocycles. The average molecular weight is 583 g/mol. The molecule has 4 aromatic rings. The highest BCUT2D eigenvalue weighted by Crippen LogP contribution is 2.47. The lowest BCUT2D eigenvalue weighted by atomic mass is 10.0. The third-order valence-electron chi connectivity index (χ3n) is 6.93. The minimum atomic E-state index is -4.10. The molecule has 0 saturated heterocycles. The second-order valence-electron chi connectivity index (χ2n) is 10.5. The first-order valence-electron chi connectivity index (χ1n) is 13.4. The van der Waals surface area contributed by atoms with Crippen LogP contribution in [0.2, 0.25) is 0 Å². The van der Waals surface area contributed by atoms with Gasteiger partial charge in [0.25, 0.3) is 0 Å². The molecule has 4 heterocycles. The summed E-state index contributed by atoms with van der Waals surface area (Å²) >= 11 is 0. The molecule has 14 heteroatoms. The molecule has 0 radical (unpaired) electrons. The van der Waals surface area contributed by atoms with Crippen LogP contribution in [0.1, 0.15) is 68.4 Å². The summed E-state index contributed by atoms with van der Waals surface area (Å²) in [6.07, 6.45) is 5.54. The quantitative estimate of drug-likeness (QED) is 0.257. The Balaban J connectivity index is 1.58. The first-order chi connectivity index (χ1) is 19.6. The Kier molecular flexibility index (Phi) is 8.04. The van der Waals surface area contributed by atoms with Gasteiger partial charge in [0.05, 0.1) is 24.9 Å². The van der Waals surface area contributed by atoms with Crippen molar-refractivity contribution in [3.05, 3.63) is 59.5 Å². The Bertz CT molecular complexity index is 1600. The van der Waals surface area contributed by atoms with Crippen LogP contribution in [0.25, 0.3) is 11.5 Å². The normalized spacial score (nSPS) is 16.0. The van der Waals surface area contributed by atoms with Crippen molar-refractivity contribution in [2.45, 2.75) is 71.0 Å². The van der Waals surface area contributed by atoms with Crippen LogP contribution < -0.4 is 9.46 Å². The third-order valence-corrected chi connectivity index (χ3v) is 8.63. The highest BCUT2D eigenvalue weighted by molar-refractivity contribution is 7.93. The number of methoxy groups -OCH3 is 1. The second kappa shape index (κ2) is 11.5. The van der Waals surface area contributed by atoms with E-state index in [2.05, 4.69) is 35.0 Å². The summed E-state index contributed by atoms with van der Waals surface area (Å²) in [7, 11) is -2.57. The van der Waals surface area contributed by atoms with Gasteiger partial charge in [-0.15, -0.1) is 10.2 Å². The topological polar surface area (TPSA) is 160 Å². The van der Waals surface area contributed by atoms with E-state index < -0.39 is 21.4 Å². The fourth-order valence-electron chi connectivity index (χ4n) is 4.66. The number of anilines is 1. The van der Waals surface area contributed by atoms with Crippen molar-refractivity contribution in [1.82, 2.24) is 34.9 Å². The van der Waals surface area contributed by atoms with Crippen LogP contribution in [0.15, 0.2) is 41.4 Å². The summed E-state index contributed by atoms with van der Waals surface area (Å²) in [4.78, 5) is 13.3. The summed E-state index contributed by atoms with van der Waals surface area (Å²) in [5.41, 5.74) is 2.85. The van der Waals surface area contributed by atoms with Gasteiger partial charge in [-0.3, -0.25) is 9.29 Å². The molecular formula is C27H34N8O5S. The fraction of sp³-hybridized carbons (Fsp3) is 0.481. The van der Waals surface area contributed by atoms with E-state index in [4.69, 9.17) is 14.0 Å². The highest BCUT2D eigenvalue weighted by Gasteiger charge is 2.41. The summed E-state index contributed by atoms with van der Waals surface area (Å²) in [6.45, 7) is 8.94. The zero-order chi connectivity index (χ0) is 29.3. The van der Waals surface area contributed by atoms with Gasteiger partial charge in [0.1, 0.15) is 23.3 Å². The van der Waals surface area contributed by atoms with Gasteiger partial charge in [-0.1, -0.05) is 11.2 Å². The van der Waals surface area contributed by atoms with E-state index in [-0.39, 0.29) is 29.8 Å². The van der Waals surface area contributed by atoms with Crippen molar-refractivity contribution < 1.29 is 22.4 Å². The Labute approximate surface area is 238 Å². The number of hydrogen-bond donors (Lipinski definition) is 1. The first-order valence-corrected chi connectivity index (χ1v) is 15.0. The van der Waals surface area contributed by atoms with Crippen molar-refractivity contribution in [2.75, 3.05) is 11.8 Å². The molecule has 1 aliphatic rings. The average Bonchev–Trinajstić information content (AvgIpc) is 3.58. The van der Waals surface area contributed by atoms with Crippen LogP contribution in [-0.4, -0.2) is 61.8 Å². The lowest BCUT2D eigenvalue weighted by Gasteiger charge is -2.26. The minimum Gasteiger partial charge on any atom is -0.481 e.